The molecule has 0 unspecified atom stereocenters. The summed E-state index contributed by atoms with van der Waals surface area (Å²) in [5.41, 5.74) is 10.7. The summed E-state index contributed by atoms with van der Waals surface area (Å²) in [7, 11) is 0. The molecule has 2 aromatic rings. The Morgan fingerprint density at radius 3 is 2.88 bits per heavy atom. The number of hydrogen-bond donors (Lipinski definition) is 3. The van der Waals surface area contributed by atoms with Gasteiger partial charge in [-0.25, -0.2) is 4.99 Å². The van der Waals surface area contributed by atoms with Crippen LogP contribution in [-0.2, 0) is 12.8 Å². The molecule has 0 aliphatic carbocycles. The van der Waals surface area contributed by atoms with Gasteiger partial charge >= 0.3 is 0 Å². The Hall–Kier alpha value is -2.53. The molecule has 1 heterocycles. The Balaban J connectivity index is 1.75. The van der Waals surface area contributed by atoms with Crippen molar-refractivity contribution in [3.63, 3.8) is 0 Å². The van der Waals surface area contributed by atoms with Crippen molar-refractivity contribution >= 4 is 41.3 Å². The highest BCUT2D eigenvalue weighted by atomic mass is 35.5. The number of anilines is 3. The van der Waals surface area contributed by atoms with Gasteiger partial charge in [0.25, 0.3) is 0 Å². The highest BCUT2D eigenvalue weighted by Crippen LogP contribution is 2.38. The Morgan fingerprint density at radius 1 is 1.17 bits per heavy atom. The van der Waals surface area contributed by atoms with E-state index < -0.39 is 0 Å². The fourth-order valence-corrected chi connectivity index (χ4v) is 3.06. The number of aliphatic imine (C=N–C) groups is 2. The second kappa shape index (κ2) is 7.84. The monoisotopic (exact) mass is 341 g/mol. The number of nitrogens with two attached hydrogens (primary N) is 1. The van der Waals surface area contributed by atoms with Gasteiger partial charge in [0.2, 0.25) is 0 Å². The molecule has 0 spiro atoms. The molecular weight excluding hydrogens is 322 g/mol. The SMILES string of the molecule is NC=NC=NCCNc1ccc2c(c1Cl)Nc1ccccc1CC2. The van der Waals surface area contributed by atoms with Crippen molar-refractivity contribution in [2.45, 2.75) is 12.8 Å². The predicted octanol–water partition coefficient (Wildman–Crippen LogP) is 3.61. The van der Waals surface area contributed by atoms with E-state index in [0.717, 1.165) is 29.9 Å². The van der Waals surface area contributed by atoms with E-state index in [-0.39, 0.29) is 0 Å². The maximum Gasteiger partial charge on any atom is 0.111 e. The summed E-state index contributed by atoms with van der Waals surface area (Å²) < 4.78 is 0. The summed E-state index contributed by atoms with van der Waals surface area (Å²) in [6.07, 6.45) is 4.64. The van der Waals surface area contributed by atoms with Crippen molar-refractivity contribution in [3.05, 3.63) is 52.5 Å². The topological polar surface area (TPSA) is 74.8 Å². The molecule has 0 aromatic heterocycles. The first-order valence-electron chi connectivity index (χ1n) is 7.91. The Kier molecular flexibility index (Phi) is 5.33. The highest BCUT2D eigenvalue weighted by Gasteiger charge is 2.16. The Bertz CT molecular complexity index is 770. The lowest BCUT2D eigenvalue weighted by atomic mass is 10.0. The first-order valence-corrected chi connectivity index (χ1v) is 8.29. The lowest BCUT2D eigenvalue weighted by molar-refractivity contribution is 0.976. The minimum atomic E-state index is 0.598. The average molecular weight is 342 g/mol. The number of para-hydroxylation sites is 1. The van der Waals surface area contributed by atoms with E-state index in [1.54, 1.807) is 0 Å². The van der Waals surface area contributed by atoms with E-state index in [4.69, 9.17) is 17.3 Å². The van der Waals surface area contributed by atoms with Crippen LogP contribution in [0.3, 0.4) is 0 Å². The molecule has 0 saturated heterocycles. The lowest BCUT2D eigenvalue weighted by Crippen LogP contribution is -2.06. The van der Waals surface area contributed by atoms with Crippen molar-refractivity contribution in [3.8, 4) is 0 Å². The summed E-state index contributed by atoms with van der Waals surface area (Å²) in [6.45, 7) is 1.27. The maximum atomic E-state index is 6.62. The molecule has 5 nitrogen and oxygen atoms in total. The zero-order chi connectivity index (χ0) is 16.8. The minimum Gasteiger partial charge on any atom is -0.390 e. The molecule has 124 valence electrons. The Labute approximate surface area is 146 Å². The van der Waals surface area contributed by atoms with Crippen LogP contribution >= 0.6 is 11.6 Å². The molecule has 1 aliphatic rings. The second-order valence-corrected chi connectivity index (χ2v) is 5.87. The van der Waals surface area contributed by atoms with Crippen molar-refractivity contribution in [1.82, 2.24) is 0 Å². The van der Waals surface area contributed by atoms with Crippen LogP contribution < -0.4 is 16.4 Å². The van der Waals surface area contributed by atoms with E-state index in [2.05, 4.69) is 44.9 Å². The van der Waals surface area contributed by atoms with Gasteiger partial charge < -0.3 is 16.4 Å². The van der Waals surface area contributed by atoms with E-state index in [1.165, 1.54) is 23.8 Å². The van der Waals surface area contributed by atoms with Crippen molar-refractivity contribution in [2.24, 2.45) is 15.7 Å². The number of benzene rings is 2. The molecule has 1 aliphatic heterocycles. The molecule has 2 aromatic carbocycles. The first kappa shape index (κ1) is 16.3. The van der Waals surface area contributed by atoms with E-state index in [1.807, 2.05) is 12.1 Å². The quantitative estimate of drug-likeness (QED) is 0.442. The third-order valence-corrected chi connectivity index (χ3v) is 4.35. The molecule has 6 heteroatoms. The van der Waals surface area contributed by atoms with Gasteiger partial charge in [0.05, 0.1) is 29.3 Å². The second-order valence-electron chi connectivity index (χ2n) is 5.49. The fourth-order valence-electron chi connectivity index (χ4n) is 2.76. The highest BCUT2D eigenvalue weighted by molar-refractivity contribution is 6.36. The van der Waals surface area contributed by atoms with Crippen LogP contribution in [0.4, 0.5) is 17.1 Å². The third kappa shape index (κ3) is 3.68. The summed E-state index contributed by atoms with van der Waals surface area (Å²) in [6, 6.07) is 12.5. The molecule has 0 amide bonds. The fraction of sp³-hybridized carbons (Fsp3) is 0.222. The smallest absolute Gasteiger partial charge is 0.111 e. The van der Waals surface area contributed by atoms with Gasteiger partial charge in [-0.05, 0) is 36.1 Å². The number of rotatable bonds is 5. The van der Waals surface area contributed by atoms with Crippen LogP contribution in [0.1, 0.15) is 11.1 Å². The molecular formula is C18H20ClN5. The normalized spacial score (nSPS) is 13.4. The number of nitrogens with zero attached hydrogens (tertiary/aromatic N) is 2. The number of halogens is 1. The Morgan fingerprint density at radius 2 is 2.00 bits per heavy atom. The molecule has 24 heavy (non-hydrogen) atoms. The predicted molar refractivity (Wildman–Crippen MR) is 103 cm³/mol. The van der Waals surface area contributed by atoms with Gasteiger partial charge in [0, 0.05) is 12.2 Å². The number of aryl methyl sites for hydroxylation is 2. The largest absolute Gasteiger partial charge is 0.390 e. The minimum absolute atomic E-state index is 0.598. The zero-order valence-electron chi connectivity index (χ0n) is 13.3. The molecule has 0 atom stereocenters. The summed E-state index contributed by atoms with van der Waals surface area (Å²) in [4.78, 5) is 7.83. The van der Waals surface area contributed by atoms with Gasteiger partial charge in [0.15, 0.2) is 0 Å². The van der Waals surface area contributed by atoms with E-state index >= 15 is 0 Å². The lowest BCUT2D eigenvalue weighted by Gasteiger charge is -2.15. The summed E-state index contributed by atoms with van der Waals surface area (Å²) in [5.74, 6) is 0. The third-order valence-electron chi connectivity index (χ3n) is 3.96. The molecule has 0 fully saturated rings. The molecule has 0 radical (unpaired) electrons. The first-order chi connectivity index (χ1) is 11.8. The van der Waals surface area contributed by atoms with Gasteiger partial charge in [-0.2, -0.15) is 0 Å². The maximum absolute atomic E-state index is 6.62. The molecule has 4 N–H and O–H groups in total. The van der Waals surface area contributed by atoms with E-state index in [9.17, 15) is 0 Å². The van der Waals surface area contributed by atoms with E-state index in [0.29, 0.717) is 18.1 Å². The van der Waals surface area contributed by atoms with Gasteiger partial charge in [0.1, 0.15) is 6.34 Å². The van der Waals surface area contributed by atoms with Crippen molar-refractivity contribution in [1.29, 1.82) is 0 Å². The molecule has 0 saturated carbocycles. The summed E-state index contributed by atoms with van der Waals surface area (Å²) in [5, 5.41) is 7.53. The van der Waals surface area contributed by atoms with Crippen LogP contribution in [-0.4, -0.2) is 25.8 Å². The number of nitrogens with one attached hydrogen (secondary N) is 2. The van der Waals surface area contributed by atoms with Crippen LogP contribution in [0.25, 0.3) is 0 Å². The zero-order valence-corrected chi connectivity index (χ0v) is 14.1. The van der Waals surface area contributed by atoms with Crippen LogP contribution in [0.2, 0.25) is 5.02 Å². The number of hydrogen-bond acceptors (Lipinski definition) is 3. The van der Waals surface area contributed by atoms with Gasteiger partial charge in [-0.15, -0.1) is 0 Å². The van der Waals surface area contributed by atoms with Crippen molar-refractivity contribution < 1.29 is 0 Å². The molecule has 0 bridgehead atoms. The average Bonchev–Trinajstić information content (AvgIpc) is 2.80. The van der Waals surface area contributed by atoms with Gasteiger partial charge in [-0.3, -0.25) is 4.99 Å². The van der Waals surface area contributed by atoms with Crippen LogP contribution in [0.5, 0.6) is 0 Å². The van der Waals surface area contributed by atoms with Gasteiger partial charge in [-0.1, -0.05) is 35.9 Å². The molecule has 3 rings (SSSR count). The van der Waals surface area contributed by atoms with Crippen LogP contribution in [0.15, 0.2) is 46.4 Å². The number of fused-ring (bicyclic) bond motifs is 2. The standard InChI is InChI=1S/C18H20ClN5/c19-17-16(23-10-9-21-12-22-11-20)8-7-14-6-5-13-3-1-2-4-15(13)24-18(14)17/h1-4,7-8,11-12,23-24H,5-6,9-10H2,(H2,20,21,22). The van der Waals surface area contributed by atoms with Crippen molar-refractivity contribution in [2.75, 3.05) is 23.7 Å². The van der Waals surface area contributed by atoms with Crippen LogP contribution in [0, 0.1) is 0 Å². The summed E-state index contributed by atoms with van der Waals surface area (Å²) >= 11 is 6.62.